The minimum absolute atomic E-state index is 0.181. The quantitative estimate of drug-likeness (QED) is 0.540. The molecular weight excluding hydrogens is 184 g/mol. The number of rotatable bonds is 5. The third kappa shape index (κ3) is 2.82. The normalized spacial score (nSPS) is 36.5. The van der Waals surface area contributed by atoms with Crippen LogP contribution in [0.2, 0.25) is 0 Å². The van der Waals surface area contributed by atoms with E-state index >= 15 is 0 Å². The van der Waals surface area contributed by atoms with Gasteiger partial charge < -0.3 is 11.1 Å². The van der Waals surface area contributed by atoms with Gasteiger partial charge in [0, 0.05) is 12.1 Å². The summed E-state index contributed by atoms with van der Waals surface area (Å²) in [6.07, 6.45) is 6.89. The first kappa shape index (κ1) is 12.7. The Labute approximate surface area is 94.3 Å². The van der Waals surface area contributed by atoms with Gasteiger partial charge in [0.1, 0.15) is 0 Å². The lowest BCUT2D eigenvalue weighted by molar-refractivity contribution is 0.113. The summed E-state index contributed by atoms with van der Waals surface area (Å²) >= 11 is 0. The second-order valence-electron chi connectivity index (χ2n) is 5.02. The van der Waals surface area contributed by atoms with E-state index in [4.69, 9.17) is 5.73 Å². The molecule has 2 nitrogen and oxygen atoms in total. The lowest BCUT2D eigenvalue weighted by Crippen LogP contribution is -2.59. The standard InChI is InChI=1S/C13H26N2/c1-4-5-9-15-13(10-14)8-6-7-11(2)12(13)3/h4,11-12,15H,1,5-10,14H2,2-3H3. The molecular formula is C13H26N2. The molecule has 88 valence electrons. The summed E-state index contributed by atoms with van der Waals surface area (Å²) in [5.41, 5.74) is 6.17. The number of hydrogen-bond donors (Lipinski definition) is 2. The van der Waals surface area contributed by atoms with Gasteiger partial charge in [0.15, 0.2) is 0 Å². The molecule has 0 spiro atoms. The largest absolute Gasteiger partial charge is 0.329 e. The molecule has 1 fully saturated rings. The Balaban J connectivity index is 2.59. The molecule has 0 heterocycles. The van der Waals surface area contributed by atoms with Crippen LogP contribution in [0.25, 0.3) is 0 Å². The third-order valence-electron chi connectivity index (χ3n) is 4.20. The van der Waals surface area contributed by atoms with Crippen molar-refractivity contribution in [2.75, 3.05) is 13.1 Å². The molecule has 0 aromatic rings. The molecule has 0 radical (unpaired) electrons. The van der Waals surface area contributed by atoms with Crippen LogP contribution in [-0.2, 0) is 0 Å². The van der Waals surface area contributed by atoms with Crippen molar-refractivity contribution in [1.82, 2.24) is 5.32 Å². The number of hydrogen-bond acceptors (Lipinski definition) is 2. The van der Waals surface area contributed by atoms with E-state index < -0.39 is 0 Å². The number of nitrogens with two attached hydrogens (primary N) is 1. The van der Waals surface area contributed by atoms with Gasteiger partial charge in [0.25, 0.3) is 0 Å². The van der Waals surface area contributed by atoms with Gasteiger partial charge in [0.2, 0.25) is 0 Å². The monoisotopic (exact) mass is 210 g/mol. The molecule has 0 aromatic heterocycles. The molecule has 0 amide bonds. The van der Waals surface area contributed by atoms with Gasteiger partial charge in [-0.1, -0.05) is 32.8 Å². The molecule has 3 N–H and O–H groups in total. The van der Waals surface area contributed by atoms with Gasteiger partial charge >= 0.3 is 0 Å². The second kappa shape index (κ2) is 5.66. The first-order valence-electron chi connectivity index (χ1n) is 6.22. The zero-order valence-electron chi connectivity index (χ0n) is 10.3. The summed E-state index contributed by atoms with van der Waals surface area (Å²) in [7, 11) is 0. The summed E-state index contributed by atoms with van der Waals surface area (Å²) in [5, 5.41) is 3.67. The van der Waals surface area contributed by atoms with E-state index in [1.165, 1.54) is 19.3 Å². The Hall–Kier alpha value is -0.340. The highest BCUT2D eigenvalue weighted by Crippen LogP contribution is 2.36. The van der Waals surface area contributed by atoms with Crippen molar-refractivity contribution in [3.05, 3.63) is 12.7 Å². The Kier molecular flexibility index (Phi) is 4.81. The van der Waals surface area contributed by atoms with Gasteiger partial charge in [-0.15, -0.1) is 6.58 Å². The molecule has 3 atom stereocenters. The maximum absolute atomic E-state index is 5.98. The highest BCUT2D eigenvalue weighted by molar-refractivity contribution is 4.98. The van der Waals surface area contributed by atoms with Crippen LogP contribution in [0.3, 0.4) is 0 Å². The van der Waals surface area contributed by atoms with E-state index in [2.05, 4.69) is 25.7 Å². The van der Waals surface area contributed by atoms with Crippen LogP contribution in [0, 0.1) is 11.8 Å². The molecule has 15 heavy (non-hydrogen) atoms. The second-order valence-corrected chi connectivity index (χ2v) is 5.02. The van der Waals surface area contributed by atoms with Gasteiger partial charge in [-0.2, -0.15) is 0 Å². The van der Waals surface area contributed by atoms with Crippen molar-refractivity contribution in [3.8, 4) is 0 Å². The fourth-order valence-electron chi connectivity index (χ4n) is 2.79. The maximum Gasteiger partial charge on any atom is 0.0332 e. The minimum Gasteiger partial charge on any atom is -0.329 e. The van der Waals surface area contributed by atoms with Crippen molar-refractivity contribution >= 4 is 0 Å². The molecule has 1 rings (SSSR count). The minimum atomic E-state index is 0.181. The highest BCUT2D eigenvalue weighted by Gasteiger charge is 2.39. The summed E-state index contributed by atoms with van der Waals surface area (Å²) in [4.78, 5) is 0. The lowest BCUT2D eigenvalue weighted by Gasteiger charge is -2.46. The van der Waals surface area contributed by atoms with Crippen LogP contribution < -0.4 is 11.1 Å². The first-order chi connectivity index (χ1) is 7.16. The summed E-state index contributed by atoms with van der Waals surface area (Å²) in [6.45, 7) is 10.2. The van der Waals surface area contributed by atoms with Crippen LogP contribution in [0.1, 0.15) is 39.5 Å². The molecule has 1 aliphatic carbocycles. The Morgan fingerprint density at radius 1 is 1.53 bits per heavy atom. The summed E-state index contributed by atoms with van der Waals surface area (Å²) < 4.78 is 0. The van der Waals surface area contributed by atoms with E-state index in [0.29, 0.717) is 5.92 Å². The van der Waals surface area contributed by atoms with Crippen molar-refractivity contribution < 1.29 is 0 Å². The first-order valence-corrected chi connectivity index (χ1v) is 6.22. The predicted octanol–water partition coefficient (Wildman–Crippen LogP) is 2.31. The molecule has 1 aliphatic rings. The molecule has 0 saturated heterocycles. The van der Waals surface area contributed by atoms with Crippen LogP contribution in [0.15, 0.2) is 12.7 Å². The van der Waals surface area contributed by atoms with Crippen LogP contribution >= 0.6 is 0 Å². The van der Waals surface area contributed by atoms with Crippen molar-refractivity contribution in [3.63, 3.8) is 0 Å². The predicted molar refractivity (Wildman–Crippen MR) is 66.8 cm³/mol. The average molecular weight is 210 g/mol. The van der Waals surface area contributed by atoms with Gasteiger partial charge in [0.05, 0.1) is 0 Å². The van der Waals surface area contributed by atoms with Crippen molar-refractivity contribution in [2.45, 2.75) is 45.1 Å². The smallest absolute Gasteiger partial charge is 0.0332 e. The van der Waals surface area contributed by atoms with E-state index in [9.17, 15) is 0 Å². The van der Waals surface area contributed by atoms with Gasteiger partial charge in [-0.25, -0.2) is 0 Å². The molecule has 0 aromatic carbocycles. The van der Waals surface area contributed by atoms with Gasteiger partial charge in [-0.3, -0.25) is 0 Å². The van der Waals surface area contributed by atoms with Gasteiger partial charge in [-0.05, 0) is 31.2 Å². The van der Waals surface area contributed by atoms with E-state index in [1.54, 1.807) is 0 Å². The highest BCUT2D eigenvalue weighted by atomic mass is 15.0. The fourth-order valence-corrected chi connectivity index (χ4v) is 2.79. The molecule has 0 aliphatic heterocycles. The van der Waals surface area contributed by atoms with E-state index in [-0.39, 0.29) is 5.54 Å². The van der Waals surface area contributed by atoms with Crippen molar-refractivity contribution in [1.29, 1.82) is 0 Å². The molecule has 3 unspecified atom stereocenters. The molecule has 1 saturated carbocycles. The van der Waals surface area contributed by atoms with Crippen LogP contribution in [-0.4, -0.2) is 18.6 Å². The zero-order chi connectivity index (χ0) is 11.3. The number of nitrogens with one attached hydrogen (secondary N) is 1. The lowest BCUT2D eigenvalue weighted by atomic mass is 9.68. The van der Waals surface area contributed by atoms with E-state index in [1.807, 2.05) is 6.08 Å². The third-order valence-corrected chi connectivity index (χ3v) is 4.20. The van der Waals surface area contributed by atoms with Crippen molar-refractivity contribution in [2.24, 2.45) is 17.6 Å². The Bertz CT molecular complexity index is 203. The average Bonchev–Trinajstić information content (AvgIpc) is 2.25. The SMILES string of the molecule is C=CCCNC1(CN)CCCC(C)C1C. The maximum atomic E-state index is 5.98. The summed E-state index contributed by atoms with van der Waals surface area (Å²) in [5.74, 6) is 1.47. The Morgan fingerprint density at radius 3 is 2.87 bits per heavy atom. The molecule has 0 bridgehead atoms. The summed E-state index contributed by atoms with van der Waals surface area (Å²) in [6, 6.07) is 0. The van der Waals surface area contributed by atoms with E-state index in [0.717, 1.165) is 25.4 Å². The Morgan fingerprint density at radius 2 is 2.27 bits per heavy atom. The van der Waals surface area contributed by atoms with Crippen LogP contribution in [0.5, 0.6) is 0 Å². The zero-order valence-corrected chi connectivity index (χ0v) is 10.3. The topological polar surface area (TPSA) is 38.0 Å². The fraction of sp³-hybridized carbons (Fsp3) is 0.846. The van der Waals surface area contributed by atoms with Crippen LogP contribution in [0.4, 0.5) is 0 Å². The molecule has 2 heteroatoms.